The molecule has 0 radical (unpaired) electrons. The van der Waals surface area contributed by atoms with E-state index < -0.39 is 0 Å². The molecule has 0 saturated carbocycles. The smallest absolute Gasteiger partial charge is 0.319 e. The summed E-state index contributed by atoms with van der Waals surface area (Å²) in [6.07, 6.45) is 0. The van der Waals surface area contributed by atoms with Crippen LogP contribution in [0.2, 0.25) is 0 Å². The number of nitrogens with zero attached hydrogens (tertiary/aromatic N) is 1. The molecule has 4 heteroatoms. The highest BCUT2D eigenvalue weighted by Crippen LogP contribution is 2.18. The first kappa shape index (κ1) is 12.5. The van der Waals surface area contributed by atoms with Gasteiger partial charge < -0.3 is 9.47 Å². The predicted octanol–water partition coefficient (Wildman–Crippen LogP) is 1.30. The molecule has 1 aromatic rings. The van der Waals surface area contributed by atoms with Crippen LogP contribution < -0.4 is 4.74 Å². The molecule has 0 spiro atoms. The third-order valence-corrected chi connectivity index (χ3v) is 2.26. The lowest BCUT2D eigenvalue weighted by atomic mass is 10.2. The molecular weight excluding hydrogens is 206 g/mol. The lowest BCUT2D eigenvalue weighted by Crippen LogP contribution is -2.26. The van der Waals surface area contributed by atoms with Crippen LogP contribution in [0.15, 0.2) is 24.3 Å². The topological polar surface area (TPSA) is 38.8 Å². The quantitative estimate of drug-likeness (QED) is 0.705. The largest absolute Gasteiger partial charge is 0.496 e. The summed E-state index contributed by atoms with van der Waals surface area (Å²) in [5.41, 5.74) is 1.05. The van der Waals surface area contributed by atoms with Gasteiger partial charge in [-0.1, -0.05) is 18.2 Å². The first-order valence-electron chi connectivity index (χ1n) is 5.04. The Balaban J connectivity index is 2.61. The molecule has 0 heterocycles. The fraction of sp³-hybridized carbons (Fsp3) is 0.417. The van der Waals surface area contributed by atoms with Crippen LogP contribution in [-0.4, -0.2) is 38.7 Å². The maximum absolute atomic E-state index is 11.1. The van der Waals surface area contributed by atoms with Crippen molar-refractivity contribution in [3.63, 3.8) is 0 Å². The van der Waals surface area contributed by atoms with E-state index in [1.165, 1.54) is 7.11 Å². The van der Waals surface area contributed by atoms with E-state index in [2.05, 4.69) is 4.74 Å². The molecule has 0 aliphatic heterocycles. The summed E-state index contributed by atoms with van der Waals surface area (Å²) in [4.78, 5) is 13.0. The zero-order valence-corrected chi connectivity index (χ0v) is 9.90. The highest BCUT2D eigenvalue weighted by atomic mass is 16.5. The minimum Gasteiger partial charge on any atom is -0.496 e. The van der Waals surface area contributed by atoms with Crippen molar-refractivity contribution in [1.82, 2.24) is 4.90 Å². The third-order valence-electron chi connectivity index (χ3n) is 2.26. The summed E-state index contributed by atoms with van der Waals surface area (Å²) in [5.74, 6) is 0.594. The van der Waals surface area contributed by atoms with Crippen molar-refractivity contribution in [1.29, 1.82) is 0 Å². The van der Waals surface area contributed by atoms with Gasteiger partial charge >= 0.3 is 5.97 Å². The summed E-state index contributed by atoms with van der Waals surface area (Å²) in [6, 6.07) is 7.75. The maximum atomic E-state index is 11.1. The van der Waals surface area contributed by atoms with Crippen LogP contribution in [0, 0.1) is 0 Å². The molecule has 0 fully saturated rings. The molecule has 4 nitrogen and oxygen atoms in total. The standard InChI is InChI=1S/C12H17NO3/c1-13(9-12(14)16-3)8-10-6-4-5-7-11(10)15-2/h4-7H,8-9H2,1-3H3. The predicted molar refractivity (Wildman–Crippen MR) is 61.3 cm³/mol. The molecule has 0 bridgehead atoms. The molecule has 0 N–H and O–H groups in total. The van der Waals surface area contributed by atoms with Crippen molar-refractivity contribution in [2.24, 2.45) is 0 Å². The molecule has 0 aliphatic carbocycles. The first-order chi connectivity index (χ1) is 7.67. The van der Waals surface area contributed by atoms with E-state index >= 15 is 0 Å². The van der Waals surface area contributed by atoms with Gasteiger partial charge in [-0.25, -0.2) is 0 Å². The number of ether oxygens (including phenoxy) is 2. The molecule has 1 aromatic carbocycles. The van der Waals surface area contributed by atoms with E-state index in [4.69, 9.17) is 4.74 Å². The second kappa shape index (κ2) is 6.12. The molecule has 0 saturated heterocycles. The van der Waals surface area contributed by atoms with Crippen molar-refractivity contribution < 1.29 is 14.3 Å². The molecule has 0 atom stereocenters. The van der Waals surface area contributed by atoms with E-state index in [0.29, 0.717) is 6.54 Å². The Kier molecular flexibility index (Phi) is 4.79. The Hall–Kier alpha value is -1.55. The van der Waals surface area contributed by atoms with Gasteiger partial charge in [0.15, 0.2) is 0 Å². The van der Waals surface area contributed by atoms with Crippen LogP contribution in [0.4, 0.5) is 0 Å². The number of hydrogen-bond acceptors (Lipinski definition) is 4. The number of benzene rings is 1. The SMILES string of the molecule is COC(=O)CN(C)Cc1ccccc1OC. The van der Waals surface area contributed by atoms with E-state index in [1.807, 2.05) is 36.2 Å². The Morgan fingerprint density at radius 2 is 2.00 bits per heavy atom. The van der Waals surface area contributed by atoms with Gasteiger partial charge in [-0.2, -0.15) is 0 Å². The van der Waals surface area contributed by atoms with E-state index in [0.717, 1.165) is 11.3 Å². The number of hydrogen-bond donors (Lipinski definition) is 0. The molecular formula is C12H17NO3. The van der Waals surface area contributed by atoms with E-state index in [1.54, 1.807) is 7.11 Å². The monoisotopic (exact) mass is 223 g/mol. The van der Waals surface area contributed by atoms with Gasteiger partial charge in [0.1, 0.15) is 5.75 Å². The summed E-state index contributed by atoms with van der Waals surface area (Å²) in [5, 5.41) is 0. The number of carbonyl (C=O) groups is 1. The van der Waals surface area contributed by atoms with E-state index in [-0.39, 0.29) is 12.5 Å². The van der Waals surface area contributed by atoms with Gasteiger partial charge in [0.05, 0.1) is 20.8 Å². The normalized spacial score (nSPS) is 10.2. The summed E-state index contributed by atoms with van der Waals surface area (Å²) in [6.45, 7) is 0.924. The van der Waals surface area contributed by atoms with Crippen LogP contribution in [0.25, 0.3) is 0 Å². The summed E-state index contributed by atoms with van der Waals surface area (Å²) >= 11 is 0. The molecule has 0 amide bonds. The highest BCUT2D eigenvalue weighted by Gasteiger charge is 2.09. The lowest BCUT2D eigenvalue weighted by Gasteiger charge is -2.16. The summed E-state index contributed by atoms with van der Waals surface area (Å²) < 4.78 is 9.84. The lowest BCUT2D eigenvalue weighted by molar-refractivity contribution is -0.141. The van der Waals surface area contributed by atoms with Crippen molar-refractivity contribution in [2.75, 3.05) is 27.8 Å². The number of para-hydroxylation sites is 1. The fourth-order valence-electron chi connectivity index (χ4n) is 1.47. The molecule has 0 aromatic heterocycles. The Bertz CT molecular complexity index is 352. The molecule has 88 valence electrons. The van der Waals surface area contributed by atoms with Gasteiger partial charge in [0, 0.05) is 12.1 Å². The minimum absolute atomic E-state index is 0.239. The van der Waals surface area contributed by atoms with Crippen LogP contribution in [-0.2, 0) is 16.1 Å². The van der Waals surface area contributed by atoms with Gasteiger partial charge in [0.2, 0.25) is 0 Å². The van der Waals surface area contributed by atoms with Crippen molar-refractivity contribution in [2.45, 2.75) is 6.54 Å². The van der Waals surface area contributed by atoms with Crippen LogP contribution in [0.1, 0.15) is 5.56 Å². The second-order valence-electron chi connectivity index (χ2n) is 3.56. The average Bonchev–Trinajstić information content (AvgIpc) is 2.29. The Labute approximate surface area is 95.8 Å². The van der Waals surface area contributed by atoms with Gasteiger partial charge in [-0.15, -0.1) is 0 Å². The third kappa shape index (κ3) is 3.55. The zero-order valence-electron chi connectivity index (χ0n) is 9.90. The van der Waals surface area contributed by atoms with Crippen LogP contribution in [0.3, 0.4) is 0 Å². The Morgan fingerprint density at radius 1 is 1.31 bits per heavy atom. The van der Waals surface area contributed by atoms with E-state index in [9.17, 15) is 4.79 Å². The highest BCUT2D eigenvalue weighted by molar-refractivity contribution is 5.71. The summed E-state index contributed by atoms with van der Waals surface area (Å²) in [7, 11) is 4.89. The molecule has 0 unspecified atom stereocenters. The number of rotatable bonds is 5. The van der Waals surface area contributed by atoms with Crippen molar-refractivity contribution in [3.05, 3.63) is 29.8 Å². The second-order valence-corrected chi connectivity index (χ2v) is 3.56. The molecule has 16 heavy (non-hydrogen) atoms. The zero-order chi connectivity index (χ0) is 12.0. The Morgan fingerprint density at radius 3 is 2.62 bits per heavy atom. The van der Waals surface area contributed by atoms with Crippen LogP contribution >= 0.6 is 0 Å². The van der Waals surface area contributed by atoms with Gasteiger partial charge in [-0.05, 0) is 13.1 Å². The number of likely N-dealkylation sites (N-methyl/N-ethyl adjacent to an activating group) is 1. The van der Waals surface area contributed by atoms with Gasteiger partial charge in [0.25, 0.3) is 0 Å². The molecule has 0 aliphatic rings. The fourth-order valence-corrected chi connectivity index (χ4v) is 1.47. The number of carbonyl (C=O) groups excluding carboxylic acids is 1. The number of esters is 1. The molecule has 1 rings (SSSR count). The van der Waals surface area contributed by atoms with Crippen molar-refractivity contribution in [3.8, 4) is 5.75 Å². The maximum Gasteiger partial charge on any atom is 0.319 e. The average molecular weight is 223 g/mol. The minimum atomic E-state index is -0.239. The first-order valence-corrected chi connectivity index (χ1v) is 5.04. The van der Waals surface area contributed by atoms with Gasteiger partial charge in [-0.3, -0.25) is 9.69 Å². The number of methoxy groups -OCH3 is 2. The van der Waals surface area contributed by atoms with Crippen LogP contribution in [0.5, 0.6) is 5.75 Å². The van der Waals surface area contributed by atoms with Crippen molar-refractivity contribution >= 4 is 5.97 Å².